The van der Waals surface area contributed by atoms with Gasteiger partial charge in [0.25, 0.3) is 6.33 Å². The lowest BCUT2D eigenvalue weighted by Crippen LogP contribution is -2.36. The van der Waals surface area contributed by atoms with E-state index in [1.54, 1.807) is 52.2 Å². The van der Waals surface area contributed by atoms with Gasteiger partial charge in [-0.2, -0.15) is 14.6 Å². The number of hydrogen-bond donors (Lipinski definition) is 2. The molecular formula is C32H30ClF2N12O+. The number of tetrazole rings is 1. The number of amides is 1. The number of hydrogen-bond acceptors (Lipinski definition) is 8. The average molecular weight is 672 g/mol. The van der Waals surface area contributed by atoms with Crippen LogP contribution in [0, 0.1) is 11.8 Å². The number of aromatic nitrogens is 10. The summed E-state index contributed by atoms with van der Waals surface area (Å²) in [6.07, 6.45) is 13.1. The molecule has 1 saturated heterocycles. The first-order valence-corrected chi connectivity index (χ1v) is 15.7. The van der Waals surface area contributed by atoms with Crippen LogP contribution in [0.15, 0.2) is 73.7 Å². The fourth-order valence-electron chi connectivity index (χ4n) is 5.89. The monoisotopic (exact) mass is 671 g/mol. The van der Waals surface area contributed by atoms with Gasteiger partial charge in [-0.3, -0.25) is 19.1 Å². The maximum absolute atomic E-state index is 15.5. The van der Waals surface area contributed by atoms with Crippen molar-refractivity contribution in [3.8, 4) is 27.9 Å². The molecule has 1 unspecified atom stereocenters. The van der Waals surface area contributed by atoms with Crippen molar-refractivity contribution < 1.29 is 18.3 Å². The Morgan fingerprint density at radius 3 is 2.60 bits per heavy atom. The zero-order valence-corrected chi connectivity index (χ0v) is 26.3. The molecule has 6 aromatic rings. The highest BCUT2D eigenvalue weighted by Gasteiger charge is 2.24. The SMILES string of the molecule is Nc1ccc(-c2cnn(C(Cn3cc(CC(=O)N4CCCCC4)cn3)c3ccc(-c4c(-[n+]5cnn[nH]5)ccc(Cl)c4F)cn3)c2)c(F)n1. The van der Waals surface area contributed by atoms with Crippen LogP contribution in [0.1, 0.15) is 36.6 Å². The molecule has 1 fully saturated rings. The molecule has 1 atom stereocenters. The maximum Gasteiger partial charge on any atom is 0.293 e. The topological polar surface area (TPSA) is 153 Å². The van der Waals surface area contributed by atoms with Crippen LogP contribution in [0.5, 0.6) is 0 Å². The molecule has 6 heterocycles. The predicted octanol–water partition coefficient (Wildman–Crippen LogP) is 3.96. The van der Waals surface area contributed by atoms with E-state index in [0.29, 0.717) is 22.5 Å². The van der Waals surface area contributed by atoms with Gasteiger partial charge in [-0.05, 0) is 55.2 Å². The number of likely N-dealkylation sites (tertiary alicyclic amines) is 1. The van der Waals surface area contributed by atoms with E-state index in [1.807, 2.05) is 11.1 Å². The van der Waals surface area contributed by atoms with Gasteiger partial charge < -0.3 is 10.6 Å². The molecule has 5 aromatic heterocycles. The van der Waals surface area contributed by atoms with E-state index >= 15 is 4.39 Å². The number of nitrogen functional groups attached to an aromatic ring is 1. The number of benzene rings is 1. The Balaban J connectivity index is 1.21. The highest BCUT2D eigenvalue weighted by atomic mass is 35.5. The molecular weight excluding hydrogens is 642 g/mol. The molecule has 13 nitrogen and oxygen atoms in total. The standard InChI is InChI=1S/C32H29ClF2N12O/c33-24-6-8-26(47-19-38-42-43-47)30(31(24)34)21-4-7-25(37-14-21)27(46-17-22(15-40-46)23-5-9-28(36)41-32(23)35)18-45-16-20(13-39-45)12-29(48)44-10-2-1-3-11-44/h4-9,13-17,19,27H,1-3,10-12,18H2,(H2,36,41)/p+1. The highest BCUT2D eigenvalue weighted by Crippen LogP contribution is 2.32. The lowest BCUT2D eigenvalue weighted by atomic mass is 10.0. The van der Waals surface area contributed by atoms with Crippen molar-refractivity contribution in [3.05, 3.63) is 102 Å². The summed E-state index contributed by atoms with van der Waals surface area (Å²) in [5.74, 6) is -1.19. The Hall–Kier alpha value is -5.57. The molecule has 244 valence electrons. The molecule has 48 heavy (non-hydrogen) atoms. The first-order valence-electron chi connectivity index (χ1n) is 15.3. The second kappa shape index (κ2) is 13.3. The molecule has 7 rings (SSSR count). The van der Waals surface area contributed by atoms with Crippen LogP contribution in [-0.2, 0) is 17.8 Å². The third-order valence-electron chi connectivity index (χ3n) is 8.34. The first-order chi connectivity index (χ1) is 23.3. The average Bonchev–Trinajstić information content (AvgIpc) is 3.89. The zero-order valence-electron chi connectivity index (χ0n) is 25.5. The summed E-state index contributed by atoms with van der Waals surface area (Å²) in [5, 5.41) is 19.2. The smallest absolute Gasteiger partial charge is 0.293 e. The second-order valence-corrected chi connectivity index (χ2v) is 11.9. The minimum absolute atomic E-state index is 0.0505. The third kappa shape index (κ3) is 6.36. The van der Waals surface area contributed by atoms with Gasteiger partial charge in [-0.15, -0.1) is 4.68 Å². The number of anilines is 1. The van der Waals surface area contributed by atoms with Crippen LogP contribution < -0.4 is 10.4 Å². The van der Waals surface area contributed by atoms with Crippen molar-refractivity contribution in [1.82, 2.24) is 50.0 Å². The van der Waals surface area contributed by atoms with E-state index in [0.717, 1.165) is 37.9 Å². The number of piperidine rings is 1. The number of nitrogens with zero attached hydrogens (tertiary/aromatic N) is 10. The van der Waals surface area contributed by atoms with Crippen LogP contribution in [0.25, 0.3) is 27.9 Å². The van der Waals surface area contributed by atoms with Gasteiger partial charge in [-0.1, -0.05) is 22.9 Å². The number of nitrogens with two attached hydrogens (primary N) is 1. The summed E-state index contributed by atoms with van der Waals surface area (Å²) in [6, 6.07) is 9.13. The number of aromatic amines is 1. The van der Waals surface area contributed by atoms with Crippen LogP contribution in [0.2, 0.25) is 5.02 Å². The number of rotatable bonds is 9. The number of halogens is 3. The van der Waals surface area contributed by atoms with Gasteiger partial charge >= 0.3 is 0 Å². The molecule has 3 N–H and O–H groups in total. The maximum atomic E-state index is 15.5. The minimum Gasteiger partial charge on any atom is -0.384 e. The fraction of sp³-hybridized carbons (Fsp3) is 0.250. The number of nitrogens with one attached hydrogen (secondary N) is 1. The summed E-state index contributed by atoms with van der Waals surface area (Å²) >= 11 is 6.17. The van der Waals surface area contributed by atoms with Crippen molar-refractivity contribution in [2.24, 2.45) is 0 Å². The van der Waals surface area contributed by atoms with Crippen molar-refractivity contribution in [3.63, 3.8) is 0 Å². The normalized spacial score (nSPS) is 13.9. The Morgan fingerprint density at radius 1 is 1.00 bits per heavy atom. The molecule has 1 amide bonds. The summed E-state index contributed by atoms with van der Waals surface area (Å²) in [5.41, 5.74) is 8.85. The minimum atomic E-state index is -0.714. The number of H-pyrrole nitrogens is 1. The molecule has 1 aliphatic heterocycles. The van der Waals surface area contributed by atoms with Crippen molar-refractivity contribution in [2.75, 3.05) is 18.8 Å². The fourth-order valence-corrected chi connectivity index (χ4v) is 6.05. The van der Waals surface area contributed by atoms with Crippen LogP contribution >= 0.6 is 11.6 Å². The molecule has 0 spiro atoms. The zero-order chi connectivity index (χ0) is 33.2. The van der Waals surface area contributed by atoms with Gasteiger partial charge in [0.2, 0.25) is 11.9 Å². The molecule has 16 heteroatoms. The Morgan fingerprint density at radius 2 is 1.85 bits per heavy atom. The first kappa shape index (κ1) is 31.1. The van der Waals surface area contributed by atoms with E-state index in [-0.39, 0.29) is 40.8 Å². The number of carbonyl (C=O) groups is 1. The number of carbonyl (C=O) groups excluding carboxylic acids is 1. The lowest BCUT2D eigenvalue weighted by molar-refractivity contribution is -0.659. The molecule has 0 radical (unpaired) electrons. The van der Waals surface area contributed by atoms with Gasteiger partial charge in [0.15, 0.2) is 11.0 Å². The van der Waals surface area contributed by atoms with Gasteiger partial charge in [0, 0.05) is 48.4 Å². The second-order valence-electron chi connectivity index (χ2n) is 11.5. The van der Waals surface area contributed by atoms with Crippen LogP contribution in [0.4, 0.5) is 14.6 Å². The molecule has 1 aliphatic rings. The Bertz CT molecular complexity index is 2060. The van der Waals surface area contributed by atoms with Crippen LogP contribution in [-0.4, -0.2) is 69.0 Å². The summed E-state index contributed by atoms with van der Waals surface area (Å²) < 4.78 is 35.0. The van der Waals surface area contributed by atoms with Gasteiger partial charge in [0.1, 0.15) is 22.6 Å². The highest BCUT2D eigenvalue weighted by molar-refractivity contribution is 6.31. The summed E-state index contributed by atoms with van der Waals surface area (Å²) in [6.45, 7) is 1.83. The molecule has 0 aliphatic carbocycles. The van der Waals surface area contributed by atoms with Crippen molar-refractivity contribution in [2.45, 2.75) is 38.3 Å². The summed E-state index contributed by atoms with van der Waals surface area (Å²) in [4.78, 5) is 23.3. The lowest BCUT2D eigenvalue weighted by Gasteiger charge is -2.26. The quantitative estimate of drug-likeness (QED) is 0.173. The van der Waals surface area contributed by atoms with E-state index in [9.17, 15) is 9.18 Å². The molecule has 0 saturated carbocycles. The van der Waals surface area contributed by atoms with Crippen LogP contribution in [0.3, 0.4) is 0 Å². The van der Waals surface area contributed by atoms with Crippen molar-refractivity contribution >= 4 is 23.3 Å². The van der Waals surface area contributed by atoms with Gasteiger partial charge in [-0.25, -0.2) is 9.37 Å². The molecule has 0 bridgehead atoms. The van der Waals surface area contributed by atoms with E-state index in [2.05, 4.69) is 30.7 Å². The Kier molecular flexibility index (Phi) is 8.59. The molecule has 1 aromatic carbocycles. The van der Waals surface area contributed by atoms with E-state index < -0.39 is 17.8 Å². The van der Waals surface area contributed by atoms with Gasteiger partial charge in [0.05, 0.1) is 41.6 Å². The largest absolute Gasteiger partial charge is 0.384 e. The predicted molar refractivity (Wildman–Crippen MR) is 170 cm³/mol. The number of pyridine rings is 2. The summed E-state index contributed by atoms with van der Waals surface area (Å²) in [7, 11) is 0. The van der Waals surface area contributed by atoms with E-state index in [4.69, 9.17) is 22.3 Å². The van der Waals surface area contributed by atoms with Crippen molar-refractivity contribution in [1.29, 1.82) is 0 Å². The van der Waals surface area contributed by atoms with E-state index in [1.165, 1.54) is 29.3 Å². The Labute approximate surface area is 278 Å². The third-order valence-corrected chi connectivity index (χ3v) is 8.63.